The lowest BCUT2D eigenvalue weighted by molar-refractivity contribution is -0.112. The number of fused-ring (bicyclic) bond motifs is 1. The lowest BCUT2D eigenvalue weighted by Gasteiger charge is -2.19. The molecule has 0 heterocycles. The van der Waals surface area contributed by atoms with E-state index in [0.717, 1.165) is 19.3 Å². The molecule has 30 heavy (non-hydrogen) atoms. The van der Waals surface area contributed by atoms with Gasteiger partial charge in [0.2, 0.25) is 11.6 Å². The van der Waals surface area contributed by atoms with E-state index < -0.39 is 11.6 Å². The SMILES string of the molecule is CCCCCCCCCCCCCCCCC1=C(O)c2c(S)cccc2C(=O)C1=O. The number of allylic oxidation sites excluding steroid dienone is 1. The van der Waals surface area contributed by atoms with Crippen LogP contribution in [-0.2, 0) is 4.79 Å². The van der Waals surface area contributed by atoms with E-state index in [2.05, 4.69) is 19.6 Å². The Morgan fingerprint density at radius 1 is 0.733 bits per heavy atom. The normalized spacial score (nSPS) is 13.8. The smallest absolute Gasteiger partial charge is 0.234 e. The van der Waals surface area contributed by atoms with Crippen LogP contribution < -0.4 is 0 Å². The molecule has 0 aromatic heterocycles. The highest BCUT2D eigenvalue weighted by molar-refractivity contribution is 7.80. The molecule has 0 amide bonds. The molecule has 0 spiro atoms. The molecule has 0 radical (unpaired) electrons. The van der Waals surface area contributed by atoms with Gasteiger partial charge in [-0.3, -0.25) is 9.59 Å². The summed E-state index contributed by atoms with van der Waals surface area (Å²) in [5.41, 5.74) is 0.924. The number of thiol groups is 1. The Hall–Kier alpha value is -1.55. The Morgan fingerprint density at radius 2 is 1.23 bits per heavy atom. The highest BCUT2D eigenvalue weighted by atomic mass is 32.1. The average Bonchev–Trinajstić information content (AvgIpc) is 2.74. The van der Waals surface area contributed by atoms with Gasteiger partial charge in [0, 0.05) is 21.6 Å². The largest absolute Gasteiger partial charge is 0.507 e. The molecule has 1 aliphatic carbocycles. The van der Waals surface area contributed by atoms with Gasteiger partial charge in [-0.1, -0.05) is 103 Å². The van der Waals surface area contributed by atoms with Crippen LogP contribution in [0.25, 0.3) is 5.76 Å². The first-order valence-electron chi connectivity index (χ1n) is 11.9. The van der Waals surface area contributed by atoms with Gasteiger partial charge in [-0.25, -0.2) is 0 Å². The molecule has 1 N–H and O–H groups in total. The van der Waals surface area contributed by atoms with Gasteiger partial charge in [0.25, 0.3) is 0 Å². The van der Waals surface area contributed by atoms with E-state index in [-0.39, 0.29) is 16.9 Å². The predicted molar refractivity (Wildman–Crippen MR) is 128 cm³/mol. The lowest BCUT2D eigenvalue weighted by atomic mass is 9.86. The zero-order chi connectivity index (χ0) is 21.8. The number of unbranched alkanes of at least 4 members (excludes halogenated alkanes) is 13. The maximum atomic E-state index is 12.4. The van der Waals surface area contributed by atoms with Crippen molar-refractivity contribution in [3.8, 4) is 0 Å². The standard InChI is InChI=1S/C26H38O3S/c1-2-3-4-5-6-7-8-9-10-11-12-13-14-15-17-21-24(27)23-20(25(28)26(21)29)18-16-19-22(23)30/h16,18-19,27,30H,2-15,17H2,1H3. The molecule has 3 nitrogen and oxygen atoms in total. The molecule has 0 atom stereocenters. The van der Waals surface area contributed by atoms with Crippen molar-refractivity contribution in [3.63, 3.8) is 0 Å². The summed E-state index contributed by atoms with van der Waals surface area (Å²) in [6, 6.07) is 4.98. The molecule has 4 heteroatoms. The minimum absolute atomic E-state index is 0.0603. The zero-order valence-electron chi connectivity index (χ0n) is 18.5. The number of aliphatic hydroxyl groups excluding tert-OH is 1. The summed E-state index contributed by atoms with van der Waals surface area (Å²) in [5.74, 6) is -1.15. The van der Waals surface area contributed by atoms with E-state index in [0.29, 0.717) is 16.9 Å². The van der Waals surface area contributed by atoms with E-state index in [1.807, 2.05) is 0 Å². The van der Waals surface area contributed by atoms with Gasteiger partial charge in [-0.15, -0.1) is 12.6 Å². The van der Waals surface area contributed by atoms with Crippen LogP contribution in [0.15, 0.2) is 28.7 Å². The Bertz CT molecular complexity index is 736. The number of benzene rings is 1. The summed E-state index contributed by atoms with van der Waals surface area (Å²) in [6.45, 7) is 2.26. The van der Waals surface area contributed by atoms with Gasteiger partial charge in [0.05, 0.1) is 0 Å². The molecule has 2 rings (SSSR count). The van der Waals surface area contributed by atoms with E-state index in [9.17, 15) is 14.7 Å². The Kier molecular flexibility index (Phi) is 11.3. The van der Waals surface area contributed by atoms with Crippen molar-refractivity contribution in [1.82, 2.24) is 0 Å². The van der Waals surface area contributed by atoms with Crippen molar-refractivity contribution >= 4 is 30.0 Å². The zero-order valence-corrected chi connectivity index (χ0v) is 19.4. The quantitative estimate of drug-likeness (QED) is 0.169. The van der Waals surface area contributed by atoms with Crippen molar-refractivity contribution in [2.75, 3.05) is 0 Å². The maximum absolute atomic E-state index is 12.4. The van der Waals surface area contributed by atoms with E-state index in [4.69, 9.17) is 0 Å². The number of ketones is 2. The molecule has 0 saturated carbocycles. The number of hydrogen-bond donors (Lipinski definition) is 2. The average molecular weight is 431 g/mol. The summed E-state index contributed by atoms with van der Waals surface area (Å²) in [5, 5.41) is 10.6. The molecule has 1 aliphatic rings. The van der Waals surface area contributed by atoms with Gasteiger partial charge in [-0.05, 0) is 18.9 Å². The van der Waals surface area contributed by atoms with Crippen molar-refractivity contribution in [2.45, 2.75) is 108 Å². The molecule has 0 fully saturated rings. The van der Waals surface area contributed by atoms with Crippen LogP contribution in [0.4, 0.5) is 0 Å². The van der Waals surface area contributed by atoms with Crippen molar-refractivity contribution in [1.29, 1.82) is 0 Å². The fraction of sp³-hybridized carbons (Fsp3) is 0.615. The second-order valence-electron chi connectivity index (χ2n) is 8.53. The van der Waals surface area contributed by atoms with E-state index >= 15 is 0 Å². The van der Waals surface area contributed by atoms with Gasteiger partial charge in [0.15, 0.2) is 0 Å². The molecule has 166 valence electrons. The fourth-order valence-electron chi connectivity index (χ4n) is 4.22. The summed E-state index contributed by atoms with van der Waals surface area (Å²) < 4.78 is 0. The molecule has 0 unspecified atom stereocenters. The second kappa shape index (κ2) is 13.7. The third kappa shape index (κ3) is 7.30. The molecular formula is C26H38O3S. The van der Waals surface area contributed by atoms with Crippen LogP contribution in [-0.4, -0.2) is 16.7 Å². The van der Waals surface area contributed by atoms with Crippen LogP contribution in [0.5, 0.6) is 0 Å². The van der Waals surface area contributed by atoms with Crippen LogP contribution >= 0.6 is 12.6 Å². The van der Waals surface area contributed by atoms with Crippen molar-refractivity contribution < 1.29 is 14.7 Å². The topological polar surface area (TPSA) is 54.4 Å². The maximum Gasteiger partial charge on any atom is 0.234 e. The molecule has 0 bridgehead atoms. The molecular weight excluding hydrogens is 392 g/mol. The minimum Gasteiger partial charge on any atom is -0.507 e. The van der Waals surface area contributed by atoms with Gasteiger partial charge < -0.3 is 5.11 Å². The van der Waals surface area contributed by atoms with Gasteiger partial charge >= 0.3 is 0 Å². The van der Waals surface area contributed by atoms with E-state index in [1.54, 1.807) is 18.2 Å². The van der Waals surface area contributed by atoms with Crippen LogP contribution in [0.3, 0.4) is 0 Å². The second-order valence-corrected chi connectivity index (χ2v) is 9.01. The number of hydrogen-bond acceptors (Lipinski definition) is 4. The fourth-order valence-corrected chi connectivity index (χ4v) is 4.54. The van der Waals surface area contributed by atoms with Crippen molar-refractivity contribution in [2.24, 2.45) is 0 Å². The van der Waals surface area contributed by atoms with Crippen LogP contribution in [0, 0.1) is 0 Å². The van der Waals surface area contributed by atoms with Crippen LogP contribution in [0.2, 0.25) is 0 Å². The number of Topliss-reactive ketones (excluding diaryl/α,β-unsaturated/α-hetero) is 2. The summed E-state index contributed by atoms with van der Waals surface area (Å²) in [4.78, 5) is 25.3. The highest BCUT2D eigenvalue weighted by Gasteiger charge is 2.33. The molecule has 1 aromatic carbocycles. The first-order chi connectivity index (χ1) is 14.6. The summed E-state index contributed by atoms with van der Waals surface area (Å²) in [6.07, 6.45) is 18.2. The first-order valence-corrected chi connectivity index (χ1v) is 12.4. The Labute approximate surface area is 187 Å². The van der Waals surface area contributed by atoms with E-state index in [1.165, 1.54) is 70.6 Å². The van der Waals surface area contributed by atoms with Crippen LogP contribution in [0.1, 0.15) is 119 Å². The third-order valence-electron chi connectivity index (χ3n) is 6.07. The number of rotatable bonds is 15. The molecule has 0 saturated heterocycles. The van der Waals surface area contributed by atoms with Gasteiger partial charge in [-0.2, -0.15) is 0 Å². The Morgan fingerprint density at radius 3 is 1.77 bits per heavy atom. The lowest BCUT2D eigenvalue weighted by Crippen LogP contribution is -2.24. The minimum atomic E-state index is -0.561. The van der Waals surface area contributed by atoms with Gasteiger partial charge in [0.1, 0.15) is 5.76 Å². The molecule has 1 aromatic rings. The summed E-state index contributed by atoms with van der Waals surface area (Å²) in [7, 11) is 0. The predicted octanol–water partition coefficient (Wildman–Crippen LogP) is 7.88. The summed E-state index contributed by atoms with van der Waals surface area (Å²) >= 11 is 4.35. The number of aliphatic hydroxyl groups is 1. The Balaban J connectivity index is 1.60. The monoisotopic (exact) mass is 430 g/mol. The highest BCUT2D eigenvalue weighted by Crippen LogP contribution is 2.34. The number of carbonyl (C=O) groups excluding carboxylic acids is 2. The first kappa shape index (κ1) is 24.7. The van der Waals surface area contributed by atoms with Crippen molar-refractivity contribution in [3.05, 3.63) is 34.9 Å². The molecule has 0 aliphatic heterocycles. The number of carbonyl (C=O) groups is 2. The third-order valence-corrected chi connectivity index (χ3v) is 6.44.